The molecule has 138 valence electrons. The molecule has 0 bridgehead atoms. The van der Waals surface area contributed by atoms with Gasteiger partial charge >= 0.3 is 0 Å². The van der Waals surface area contributed by atoms with Gasteiger partial charge in [-0.1, -0.05) is 48.9 Å². The van der Waals surface area contributed by atoms with Gasteiger partial charge in [0.05, 0.1) is 21.0 Å². The topological polar surface area (TPSA) is 36.4 Å². The highest BCUT2D eigenvalue weighted by atomic mass is 35.5. The highest BCUT2D eigenvalue weighted by molar-refractivity contribution is 7.22. The van der Waals surface area contributed by atoms with Crippen molar-refractivity contribution in [3.8, 4) is 0 Å². The molecular weight excluding hydrogens is 386 g/mol. The number of hydrogen-bond donors (Lipinski definition) is 0. The fourth-order valence-corrected chi connectivity index (χ4v) is 4.86. The van der Waals surface area contributed by atoms with Gasteiger partial charge in [0.2, 0.25) is 5.91 Å². The van der Waals surface area contributed by atoms with Crippen molar-refractivity contribution in [3.05, 3.63) is 45.6 Å². The summed E-state index contributed by atoms with van der Waals surface area (Å²) >= 11 is 9.04. The lowest BCUT2D eigenvalue weighted by atomic mass is 10.3. The minimum atomic E-state index is 0.0646. The molecule has 0 aliphatic carbocycles. The molecule has 4 nitrogen and oxygen atoms in total. The third kappa shape index (κ3) is 4.62. The van der Waals surface area contributed by atoms with E-state index in [1.54, 1.807) is 11.3 Å². The number of thiophene rings is 1. The van der Waals surface area contributed by atoms with Gasteiger partial charge in [0.15, 0.2) is 5.13 Å². The quantitative estimate of drug-likeness (QED) is 0.531. The summed E-state index contributed by atoms with van der Waals surface area (Å²) in [7, 11) is 0. The van der Waals surface area contributed by atoms with Crippen LogP contribution in [0.4, 0.5) is 5.13 Å². The predicted octanol–water partition coefficient (Wildman–Crippen LogP) is 4.93. The zero-order valence-electron chi connectivity index (χ0n) is 14.9. The fourth-order valence-electron chi connectivity index (χ4n) is 2.78. The summed E-state index contributed by atoms with van der Waals surface area (Å²) in [6.07, 6.45) is 0.353. The first kappa shape index (κ1) is 19.3. The summed E-state index contributed by atoms with van der Waals surface area (Å²) in [6.45, 7) is 7.69. The van der Waals surface area contributed by atoms with Crippen molar-refractivity contribution in [3.63, 3.8) is 0 Å². The van der Waals surface area contributed by atoms with Crippen LogP contribution in [0, 0.1) is 0 Å². The molecule has 0 spiro atoms. The van der Waals surface area contributed by atoms with E-state index < -0.39 is 0 Å². The number of likely N-dealkylation sites (N-methyl/N-ethyl adjacent to an activating group) is 1. The molecule has 0 saturated carbocycles. The first-order chi connectivity index (χ1) is 12.6. The van der Waals surface area contributed by atoms with E-state index in [0.29, 0.717) is 17.3 Å². The fraction of sp³-hybridized carbons (Fsp3) is 0.368. The highest BCUT2D eigenvalue weighted by Crippen LogP contribution is 2.30. The van der Waals surface area contributed by atoms with Crippen molar-refractivity contribution < 1.29 is 4.79 Å². The molecule has 1 aromatic carbocycles. The molecule has 0 aliphatic heterocycles. The molecule has 1 amide bonds. The van der Waals surface area contributed by atoms with Gasteiger partial charge in [-0.05, 0) is 37.4 Å². The third-order valence-electron chi connectivity index (χ3n) is 4.30. The average molecular weight is 408 g/mol. The number of carbonyl (C=O) groups excluding carboxylic acids is 1. The molecule has 7 heteroatoms. The Labute approximate surface area is 167 Å². The van der Waals surface area contributed by atoms with E-state index in [1.165, 1.54) is 11.3 Å². The first-order valence-electron chi connectivity index (χ1n) is 8.73. The zero-order valence-corrected chi connectivity index (χ0v) is 17.3. The number of hydrogen-bond acceptors (Lipinski definition) is 5. The molecular formula is C19H22ClN3OS2. The third-order valence-corrected chi connectivity index (χ3v) is 6.59. The lowest BCUT2D eigenvalue weighted by Crippen LogP contribution is -2.39. The molecule has 26 heavy (non-hydrogen) atoms. The van der Waals surface area contributed by atoms with Gasteiger partial charge in [-0.15, -0.1) is 11.3 Å². The molecule has 0 saturated heterocycles. The number of fused-ring (bicyclic) bond motifs is 1. The van der Waals surface area contributed by atoms with Gasteiger partial charge in [-0.2, -0.15) is 0 Å². The van der Waals surface area contributed by atoms with Crippen molar-refractivity contribution in [2.24, 2.45) is 0 Å². The maximum atomic E-state index is 13.0. The minimum Gasteiger partial charge on any atom is -0.302 e. The van der Waals surface area contributed by atoms with Crippen molar-refractivity contribution in [1.82, 2.24) is 9.88 Å². The molecule has 2 aromatic heterocycles. The van der Waals surface area contributed by atoms with Crippen molar-refractivity contribution >= 4 is 55.5 Å². The monoisotopic (exact) mass is 407 g/mol. The van der Waals surface area contributed by atoms with Gasteiger partial charge in [0, 0.05) is 18.0 Å². The second kappa shape index (κ2) is 8.95. The molecule has 2 heterocycles. The molecule has 0 unspecified atom stereocenters. The van der Waals surface area contributed by atoms with E-state index >= 15 is 0 Å². The average Bonchev–Trinajstić information content (AvgIpc) is 3.24. The van der Waals surface area contributed by atoms with E-state index in [1.807, 2.05) is 41.3 Å². The minimum absolute atomic E-state index is 0.0646. The molecule has 3 rings (SSSR count). The summed E-state index contributed by atoms with van der Waals surface area (Å²) in [5.41, 5.74) is 0.937. The Bertz CT molecular complexity index is 839. The summed E-state index contributed by atoms with van der Waals surface area (Å²) < 4.78 is 1.81. The number of rotatable bonds is 8. The van der Waals surface area contributed by atoms with Gasteiger partial charge < -0.3 is 4.90 Å². The van der Waals surface area contributed by atoms with E-state index in [4.69, 9.17) is 16.6 Å². The standard InChI is InChI=1S/C19H22ClN3OS2/c1-3-22(4-2)11-12-23(18(24)13-14-9-10-17(20)25-14)19-21-15-7-5-6-8-16(15)26-19/h5-10H,3-4,11-13H2,1-2H3. The number of carbonyl (C=O) groups is 1. The van der Waals surface area contributed by atoms with E-state index in [9.17, 15) is 4.79 Å². The van der Waals surface area contributed by atoms with E-state index in [2.05, 4.69) is 18.7 Å². The van der Waals surface area contributed by atoms with Crippen LogP contribution in [0.25, 0.3) is 10.2 Å². The summed E-state index contributed by atoms with van der Waals surface area (Å²) in [4.78, 5) is 22.8. The number of para-hydroxylation sites is 1. The molecule has 0 aliphatic rings. The lowest BCUT2D eigenvalue weighted by molar-refractivity contribution is -0.118. The van der Waals surface area contributed by atoms with Gasteiger partial charge in [-0.25, -0.2) is 4.98 Å². The Hall–Kier alpha value is -1.47. The Balaban J connectivity index is 1.83. The first-order valence-corrected chi connectivity index (χ1v) is 10.7. The molecule has 0 fully saturated rings. The molecule has 0 N–H and O–H groups in total. The van der Waals surface area contributed by atoms with Gasteiger partial charge in [0.25, 0.3) is 0 Å². The van der Waals surface area contributed by atoms with Gasteiger partial charge in [-0.3, -0.25) is 9.69 Å². The summed E-state index contributed by atoms with van der Waals surface area (Å²) in [5, 5.41) is 0.769. The predicted molar refractivity (Wildman–Crippen MR) is 113 cm³/mol. The number of benzene rings is 1. The second-order valence-electron chi connectivity index (χ2n) is 5.92. The zero-order chi connectivity index (χ0) is 18.5. The van der Waals surface area contributed by atoms with Crippen molar-refractivity contribution in [1.29, 1.82) is 0 Å². The molecule has 0 radical (unpaired) electrons. The number of halogens is 1. The van der Waals surface area contributed by atoms with Crippen LogP contribution in [0.15, 0.2) is 36.4 Å². The van der Waals surface area contributed by atoms with Crippen LogP contribution in [0.1, 0.15) is 18.7 Å². The van der Waals surface area contributed by atoms with E-state index in [0.717, 1.165) is 39.9 Å². The molecule has 0 atom stereocenters. The molecule has 3 aromatic rings. The van der Waals surface area contributed by atoms with Crippen molar-refractivity contribution in [2.75, 3.05) is 31.1 Å². The van der Waals surface area contributed by atoms with Crippen LogP contribution >= 0.6 is 34.3 Å². The Morgan fingerprint density at radius 1 is 1.08 bits per heavy atom. The van der Waals surface area contributed by atoms with Crippen LogP contribution < -0.4 is 4.90 Å². The summed E-state index contributed by atoms with van der Waals surface area (Å²) in [5.74, 6) is 0.0646. The van der Waals surface area contributed by atoms with Crippen LogP contribution in [-0.2, 0) is 11.2 Å². The maximum Gasteiger partial charge on any atom is 0.234 e. The van der Waals surface area contributed by atoms with Crippen molar-refractivity contribution in [2.45, 2.75) is 20.3 Å². The second-order valence-corrected chi connectivity index (χ2v) is 8.73. The number of amides is 1. The Morgan fingerprint density at radius 3 is 2.50 bits per heavy atom. The van der Waals surface area contributed by atoms with Crippen LogP contribution in [-0.4, -0.2) is 42.0 Å². The Kier molecular flexibility index (Phi) is 6.64. The smallest absolute Gasteiger partial charge is 0.234 e. The SMILES string of the molecule is CCN(CC)CCN(C(=O)Cc1ccc(Cl)s1)c1nc2ccccc2s1. The number of aromatic nitrogens is 1. The lowest BCUT2D eigenvalue weighted by Gasteiger charge is -2.24. The van der Waals surface area contributed by atoms with Crippen LogP contribution in [0.2, 0.25) is 4.34 Å². The maximum absolute atomic E-state index is 13.0. The number of nitrogens with zero attached hydrogens (tertiary/aromatic N) is 3. The van der Waals surface area contributed by atoms with Crippen LogP contribution in [0.5, 0.6) is 0 Å². The normalized spacial score (nSPS) is 11.4. The van der Waals surface area contributed by atoms with Crippen LogP contribution in [0.3, 0.4) is 0 Å². The number of anilines is 1. The Morgan fingerprint density at radius 2 is 1.85 bits per heavy atom. The van der Waals surface area contributed by atoms with E-state index in [-0.39, 0.29) is 5.91 Å². The summed E-state index contributed by atoms with van der Waals surface area (Å²) in [6, 6.07) is 11.8. The number of thiazole rings is 1. The van der Waals surface area contributed by atoms with Gasteiger partial charge in [0.1, 0.15) is 0 Å². The highest BCUT2D eigenvalue weighted by Gasteiger charge is 2.21. The largest absolute Gasteiger partial charge is 0.302 e.